The third kappa shape index (κ3) is 1.63. The van der Waals surface area contributed by atoms with E-state index in [-0.39, 0.29) is 0 Å². The van der Waals surface area contributed by atoms with E-state index in [1.54, 1.807) is 0 Å². The van der Waals surface area contributed by atoms with Gasteiger partial charge in [0.05, 0.1) is 5.76 Å². The summed E-state index contributed by atoms with van der Waals surface area (Å²) in [6.45, 7) is 7.12. The van der Waals surface area contributed by atoms with Gasteiger partial charge in [-0.2, -0.15) is 0 Å². The largest absolute Gasteiger partial charge is 0.493 e. The van der Waals surface area contributed by atoms with Crippen LogP contribution >= 0.6 is 0 Å². The van der Waals surface area contributed by atoms with Crippen LogP contribution < -0.4 is 0 Å². The molecular formula is C9H14O. The normalized spacial score (nSPS) is 18.0. The highest BCUT2D eigenvalue weighted by Gasteiger charge is 2.06. The van der Waals surface area contributed by atoms with Crippen molar-refractivity contribution in [3.05, 3.63) is 23.5 Å². The average molecular weight is 138 g/mol. The predicted molar refractivity (Wildman–Crippen MR) is 42.6 cm³/mol. The molecule has 0 N–H and O–H groups in total. The van der Waals surface area contributed by atoms with Crippen molar-refractivity contribution < 1.29 is 4.74 Å². The van der Waals surface area contributed by atoms with Gasteiger partial charge in [0.1, 0.15) is 6.61 Å². The molecule has 0 aliphatic carbocycles. The number of hydrogen-bond donors (Lipinski definition) is 0. The lowest BCUT2D eigenvalue weighted by molar-refractivity contribution is 0.204. The Kier molecular flexibility index (Phi) is 2.15. The number of hydrogen-bond acceptors (Lipinski definition) is 1. The van der Waals surface area contributed by atoms with Crippen LogP contribution in [0.5, 0.6) is 0 Å². The molecule has 56 valence electrons. The first-order valence-corrected chi connectivity index (χ1v) is 3.70. The molecule has 0 saturated carbocycles. The lowest BCUT2D eigenvalue weighted by Crippen LogP contribution is -2.05. The summed E-state index contributed by atoms with van der Waals surface area (Å²) in [5.74, 6) is 1.62. The van der Waals surface area contributed by atoms with E-state index in [1.165, 1.54) is 5.57 Å². The first kappa shape index (κ1) is 7.39. The first-order chi connectivity index (χ1) is 4.70. The standard InChI is InChI=1S/C9H14O/c1-7(2)9-5-4-8(3)6-10-9/h4-5,7H,6H2,1-3H3. The van der Waals surface area contributed by atoms with Gasteiger partial charge in [-0.25, -0.2) is 0 Å². The molecule has 10 heavy (non-hydrogen) atoms. The van der Waals surface area contributed by atoms with Crippen molar-refractivity contribution in [1.82, 2.24) is 0 Å². The van der Waals surface area contributed by atoms with E-state index in [0.29, 0.717) is 5.92 Å². The van der Waals surface area contributed by atoms with Gasteiger partial charge in [-0.3, -0.25) is 0 Å². The van der Waals surface area contributed by atoms with E-state index in [1.807, 2.05) is 0 Å². The van der Waals surface area contributed by atoms with E-state index in [4.69, 9.17) is 4.74 Å². The van der Waals surface area contributed by atoms with E-state index in [0.717, 1.165) is 12.4 Å². The Balaban J connectivity index is 2.64. The molecule has 1 nitrogen and oxygen atoms in total. The minimum atomic E-state index is 0.518. The van der Waals surface area contributed by atoms with Gasteiger partial charge in [0, 0.05) is 5.92 Å². The molecule has 0 fully saturated rings. The molecule has 0 spiro atoms. The molecule has 1 aliphatic heterocycles. The summed E-state index contributed by atoms with van der Waals surface area (Å²) in [6, 6.07) is 0. The molecule has 0 bridgehead atoms. The van der Waals surface area contributed by atoms with E-state index < -0.39 is 0 Å². The van der Waals surface area contributed by atoms with Crippen LogP contribution in [0, 0.1) is 5.92 Å². The summed E-state index contributed by atoms with van der Waals surface area (Å²) in [7, 11) is 0. The van der Waals surface area contributed by atoms with Crippen LogP contribution in [0.15, 0.2) is 23.5 Å². The quantitative estimate of drug-likeness (QED) is 0.541. The van der Waals surface area contributed by atoms with Crippen molar-refractivity contribution in [1.29, 1.82) is 0 Å². The van der Waals surface area contributed by atoms with Gasteiger partial charge in [0.15, 0.2) is 0 Å². The summed E-state index contributed by atoms with van der Waals surface area (Å²) in [6.07, 6.45) is 4.18. The average Bonchev–Trinajstić information content (AvgIpc) is 1.88. The lowest BCUT2D eigenvalue weighted by atomic mass is 10.1. The number of ether oxygens (including phenoxy) is 1. The monoisotopic (exact) mass is 138 g/mol. The first-order valence-electron chi connectivity index (χ1n) is 3.70. The number of rotatable bonds is 1. The zero-order chi connectivity index (χ0) is 7.56. The summed E-state index contributed by atoms with van der Waals surface area (Å²) >= 11 is 0. The Morgan fingerprint density at radius 1 is 1.40 bits per heavy atom. The summed E-state index contributed by atoms with van der Waals surface area (Å²) in [4.78, 5) is 0. The van der Waals surface area contributed by atoms with Gasteiger partial charge in [0.25, 0.3) is 0 Å². The molecule has 1 heteroatoms. The van der Waals surface area contributed by atoms with Gasteiger partial charge in [-0.1, -0.05) is 19.9 Å². The molecule has 1 heterocycles. The third-order valence-electron chi connectivity index (χ3n) is 1.57. The molecular weight excluding hydrogens is 124 g/mol. The lowest BCUT2D eigenvalue weighted by Gasteiger charge is -2.16. The summed E-state index contributed by atoms with van der Waals surface area (Å²) < 4.78 is 5.44. The van der Waals surface area contributed by atoms with Gasteiger partial charge < -0.3 is 4.74 Å². The fraction of sp³-hybridized carbons (Fsp3) is 0.556. The van der Waals surface area contributed by atoms with Crippen molar-refractivity contribution in [3.8, 4) is 0 Å². The van der Waals surface area contributed by atoms with E-state index in [9.17, 15) is 0 Å². The molecule has 0 atom stereocenters. The Morgan fingerprint density at radius 3 is 2.50 bits per heavy atom. The Morgan fingerprint density at radius 2 is 2.10 bits per heavy atom. The fourth-order valence-electron chi connectivity index (χ4n) is 0.877. The highest BCUT2D eigenvalue weighted by Crippen LogP contribution is 2.16. The second kappa shape index (κ2) is 2.91. The van der Waals surface area contributed by atoms with Gasteiger partial charge in [-0.05, 0) is 18.6 Å². The van der Waals surface area contributed by atoms with Crippen LogP contribution in [0.2, 0.25) is 0 Å². The fourth-order valence-corrected chi connectivity index (χ4v) is 0.877. The second-order valence-electron chi connectivity index (χ2n) is 3.03. The summed E-state index contributed by atoms with van der Waals surface area (Å²) in [5, 5.41) is 0. The number of allylic oxidation sites excluding steroid dienone is 3. The van der Waals surface area contributed by atoms with Crippen molar-refractivity contribution in [2.45, 2.75) is 20.8 Å². The van der Waals surface area contributed by atoms with E-state index >= 15 is 0 Å². The zero-order valence-corrected chi connectivity index (χ0v) is 6.85. The molecule has 0 aromatic heterocycles. The van der Waals surface area contributed by atoms with Gasteiger partial charge in [0.2, 0.25) is 0 Å². The van der Waals surface area contributed by atoms with Crippen molar-refractivity contribution >= 4 is 0 Å². The molecule has 0 amide bonds. The Labute approximate surface area is 62.4 Å². The van der Waals surface area contributed by atoms with Crippen LogP contribution in [-0.4, -0.2) is 6.61 Å². The minimum absolute atomic E-state index is 0.518. The van der Waals surface area contributed by atoms with Gasteiger partial charge >= 0.3 is 0 Å². The van der Waals surface area contributed by atoms with Crippen molar-refractivity contribution in [2.24, 2.45) is 5.92 Å². The third-order valence-corrected chi connectivity index (χ3v) is 1.57. The maximum Gasteiger partial charge on any atom is 0.109 e. The van der Waals surface area contributed by atoms with Gasteiger partial charge in [-0.15, -0.1) is 0 Å². The highest BCUT2D eigenvalue weighted by atomic mass is 16.5. The molecule has 1 rings (SSSR count). The zero-order valence-electron chi connectivity index (χ0n) is 6.85. The van der Waals surface area contributed by atoms with Crippen molar-refractivity contribution in [3.63, 3.8) is 0 Å². The van der Waals surface area contributed by atoms with Crippen LogP contribution in [0.25, 0.3) is 0 Å². The SMILES string of the molecule is CC1=CC=C(C(C)C)OC1. The smallest absolute Gasteiger partial charge is 0.109 e. The molecule has 0 aromatic rings. The van der Waals surface area contributed by atoms with Crippen LogP contribution in [0.1, 0.15) is 20.8 Å². The topological polar surface area (TPSA) is 9.23 Å². The highest BCUT2D eigenvalue weighted by molar-refractivity contribution is 5.18. The van der Waals surface area contributed by atoms with Crippen LogP contribution in [0.4, 0.5) is 0 Å². The Hall–Kier alpha value is -0.720. The molecule has 0 aromatic carbocycles. The molecule has 0 unspecified atom stereocenters. The maximum absolute atomic E-state index is 5.44. The molecule has 1 aliphatic rings. The van der Waals surface area contributed by atoms with Crippen LogP contribution in [0.3, 0.4) is 0 Å². The Bertz CT molecular complexity index is 175. The van der Waals surface area contributed by atoms with Crippen LogP contribution in [-0.2, 0) is 4.74 Å². The molecule has 0 saturated heterocycles. The maximum atomic E-state index is 5.44. The van der Waals surface area contributed by atoms with E-state index in [2.05, 4.69) is 32.9 Å². The van der Waals surface area contributed by atoms with Crippen molar-refractivity contribution in [2.75, 3.05) is 6.61 Å². The predicted octanol–water partition coefficient (Wildman–Crippen LogP) is 2.50. The summed E-state index contributed by atoms with van der Waals surface area (Å²) in [5.41, 5.74) is 1.30. The minimum Gasteiger partial charge on any atom is -0.493 e. The second-order valence-corrected chi connectivity index (χ2v) is 3.03. The molecule has 0 radical (unpaired) electrons.